The molecule has 0 spiro atoms. The van der Waals surface area contributed by atoms with Crippen LogP contribution >= 0.6 is 0 Å². The van der Waals surface area contributed by atoms with Crippen LogP contribution in [0.3, 0.4) is 0 Å². The van der Waals surface area contributed by atoms with Crippen molar-refractivity contribution >= 4 is 6.03 Å². The molecule has 4 rings (SSSR count). The summed E-state index contributed by atoms with van der Waals surface area (Å²) >= 11 is 0. The van der Waals surface area contributed by atoms with Crippen molar-refractivity contribution in [3.63, 3.8) is 0 Å². The molecule has 1 N–H and O–H groups in total. The molecule has 3 saturated heterocycles. The number of rotatable bonds is 5. The normalized spacial score (nSPS) is 30.8. The van der Waals surface area contributed by atoms with Gasteiger partial charge in [-0.1, -0.05) is 30.3 Å². The van der Waals surface area contributed by atoms with E-state index in [4.69, 9.17) is 4.74 Å². The molecule has 3 heterocycles. The summed E-state index contributed by atoms with van der Waals surface area (Å²) in [4.78, 5) is 16.6. The zero-order valence-electron chi connectivity index (χ0n) is 14.4. The highest BCUT2D eigenvalue weighted by Crippen LogP contribution is 2.47. The Kier molecular flexibility index (Phi) is 4.46. The highest BCUT2D eigenvalue weighted by molar-refractivity contribution is 5.74. The minimum absolute atomic E-state index is 0.0944. The number of nitrogens with one attached hydrogen (secondary N) is 1. The third-order valence-corrected chi connectivity index (χ3v) is 5.81. The highest BCUT2D eigenvalue weighted by atomic mass is 16.5. The molecule has 0 aromatic heterocycles. The first kappa shape index (κ1) is 15.9. The molecule has 2 bridgehead atoms. The molecule has 3 fully saturated rings. The lowest BCUT2D eigenvalue weighted by atomic mass is 9.82. The third-order valence-electron chi connectivity index (χ3n) is 5.81. The van der Waals surface area contributed by atoms with Crippen LogP contribution in [0, 0.1) is 11.8 Å². The molecule has 3 aliphatic rings. The smallest absolute Gasteiger partial charge is 0.317 e. The monoisotopic (exact) mass is 329 g/mol. The van der Waals surface area contributed by atoms with E-state index in [1.165, 1.54) is 18.4 Å². The van der Waals surface area contributed by atoms with Crippen LogP contribution in [0.2, 0.25) is 0 Å². The van der Waals surface area contributed by atoms with E-state index in [9.17, 15) is 4.79 Å². The van der Waals surface area contributed by atoms with Gasteiger partial charge in [-0.3, -0.25) is 0 Å². The molecule has 0 saturated carbocycles. The molecule has 24 heavy (non-hydrogen) atoms. The molecular weight excluding hydrogens is 302 g/mol. The highest BCUT2D eigenvalue weighted by Gasteiger charge is 2.53. The van der Waals surface area contributed by atoms with Crippen molar-refractivity contribution in [2.24, 2.45) is 11.8 Å². The molecule has 1 aromatic carbocycles. The lowest BCUT2D eigenvalue weighted by Crippen LogP contribution is -2.42. The Morgan fingerprint density at radius 1 is 1.21 bits per heavy atom. The molecular formula is C19H27N3O2. The van der Waals surface area contributed by atoms with Gasteiger partial charge in [0, 0.05) is 44.6 Å². The molecule has 4 atom stereocenters. The van der Waals surface area contributed by atoms with Crippen LogP contribution < -0.4 is 5.32 Å². The van der Waals surface area contributed by atoms with Crippen LogP contribution in [-0.4, -0.2) is 61.3 Å². The zero-order chi connectivity index (χ0) is 16.5. The number of carbonyl (C=O) groups excluding carboxylic acids is 1. The van der Waals surface area contributed by atoms with Crippen molar-refractivity contribution in [1.82, 2.24) is 15.1 Å². The summed E-state index contributed by atoms with van der Waals surface area (Å²) < 4.78 is 5.97. The Labute approximate surface area is 144 Å². The number of ether oxygens (including phenoxy) is 1. The van der Waals surface area contributed by atoms with Gasteiger partial charge in [0.25, 0.3) is 0 Å². The van der Waals surface area contributed by atoms with E-state index >= 15 is 0 Å². The van der Waals surface area contributed by atoms with Gasteiger partial charge in [-0.05, 0) is 25.5 Å². The topological polar surface area (TPSA) is 44.8 Å². The summed E-state index contributed by atoms with van der Waals surface area (Å²) in [7, 11) is 2.09. The van der Waals surface area contributed by atoms with Gasteiger partial charge < -0.3 is 19.9 Å². The minimum Gasteiger partial charge on any atom is -0.374 e. The standard InChI is InChI=1S/C19H27N3O2/c1-21(11-14-5-3-2-4-6-14)10-9-20-19(23)22-12-15-16(13-22)18-8-7-17(15)24-18/h2-6,15-18H,7-13H2,1H3,(H,20,23). The van der Waals surface area contributed by atoms with Crippen LogP contribution in [0.15, 0.2) is 30.3 Å². The Morgan fingerprint density at radius 3 is 2.54 bits per heavy atom. The zero-order valence-corrected chi connectivity index (χ0v) is 14.4. The Balaban J connectivity index is 1.19. The summed E-state index contributed by atoms with van der Waals surface area (Å²) in [5.41, 5.74) is 1.30. The molecule has 2 amide bonds. The van der Waals surface area contributed by atoms with E-state index in [1.54, 1.807) is 0 Å². The van der Waals surface area contributed by atoms with Gasteiger partial charge in [0.1, 0.15) is 0 Å². The number of fused-ring (bicyclic) bond motifs is 5. The lowest BCUT2D eigenvalue weighted by Gasteiger charge is -2.21. The average Bonchev–Trinajstić information content (AvgIpc) is 3.28. The largest absolute Gasteiger partial charge is 0.374 e. The Morgan fingerprint density at radius 2 is 1.88 bits per heavy atom. The molecule has 3 aliphatic heterocycles. The summed E-state index contributed by atoms with van der Waals surface area (Å²) in [5, 5.41) is 3.09. The predicted octanol–water partition coefficient (Wildman–Crippen LogP) is 1.94. The van der Waals surface area contributed by atoms with Crippen LogP contribution in [0.1, 0.15) is 18.4 Å². The first-order valence-corrected chi connectivity index (χ1v) is 9.11. The van der Waals surface area contributed by atoms with Gasteiger partial charge in [0.15, 0.2) is 0 Å². The number of carbonyl (C=O) groups is 1. The predicted molar refractivity (Wildman–Crippen MR) is 92.6 cm³/mol. The van der Waals surface area contributed by atoms with Crippen molar-refractivity contribution in [2.75, 3.05) is 33.2 Å². The van der Waals surface area contributed by atoms with Crippen LogP contribution in [0.25, 0.3) is 0 Å². The number of nitrogens with zero attached hydrogens (tertiary/aromatic N) is 2. The number of likely N-dealkylation sites (tertiary alicyclic amines) is 1. The quantitative estimate of drug-likeness (QED) is 0.898. The number of urea groups is 1. The maximum absolute atomic E-state index is 12.4. The van der Waals surface area contributed by atoms with Crippen molar-refractivity contribution in [2.45, 2.75) is 31.6 Å². The average molecular weight is 329 g/mol. The van der Waals surface area contributed by atoms with Gasteiger partial charge in [0.2, 0.25) is 0 Å². The van der Waals surface area contributed by atoms with Gasteiger partial charge in [-0.25, -0.2) is 4.79 Å². The fraction of sp³-hybridized carbons (Fsp3) is 0.632. The molecule has 130 valence electrons. The number of likely N-dealkylation sites (N-methyl/N-ethyl adjacent to an activating group) is 1. The Hall–Kier alpha value is -1.59. The molecule has 0 aliphatic carbocycles. The van der Waals surface area contributed by atoms with Crippen LogP contribution in [0.4, 0.5) is 4.79 Å². The number of benzene rings is 1. The second-order valence-corrected chi connectivity index (χ2v) is 7.48. The number of amides is 2. The summed E-state index contributed by atoms with van der Waals surface area (Å²) in [6, 6.07) is 10.5. The first-order chi connectivity index (χ1) is 11.7. The molecule has 4 unspecified atom stereocenters. The van der Waals surface area contributed by atoms with E-state index < -0.39 is 0 Å². The van der Waals surface area contributed by atoms with Crippen molar-refractivity contribution < 1.29 is 9.53 Å². The van der Waals surface area contributed by atoms with Crippen molar-refractivity contribution in [3.05, 3.63) is 35.9 Å². The van der Waals surface area contributed by atoms with Crippen molar-refractivity contribution in [3.8, 4) is 0 Å². The minimum atomic E-state index is 0.0944. The van der Waals surface area contributed by atoms with Gasteiger partial charge >= 0.3 is 6.03 Å². The van der Waals surface area contributed by atoms with Gasteiger partial charge in [-0.15, -0.1) is 0 Å². The summed E-state index contributed by atoms with van der Waals surface area (Å²) in [6.07, 6.45) is 3.20. The van der Waals surface area contributed by atoms with E-state index in [0.29, 0.717) is 30.6 Å². The summed E-state index contributed by atoms with van der Waals surface area (Å²) in [6.45, 7) is 4.20. The third kappa shape index (κ3) is 3.15. The van der Waals surface area contributed by atoms with E-state index in [2.05, 4.69) is 41.5 Å². The SMILES string of the molecule is CN(CCNC(=O)N1CC2C3CCC(O3)C2C1)Cc1ccccc1. The van der Waals surface area contributed by atoms with E-state index in [0.717, 1.165) is 26.2 Å². The molecule has 5 nitrogen and oxygen atoms in total. The fourth-order valence-corrected chi connectivity index (χ4v) is 4.57. The lowest BCUT2D eigenvalue weighted by molar-refractivity contribution is 0.0739. The maximum atomic E-state index is 12.4. The fourth-order valence-electron chi connectivity index (χ4n) is 4.57. The number of hydrogen-bond acceptors (Lipinski definition) is 3. The number of hydrogen-bond donors (Lipinski definition) is 1. The van der Waals surface area contributed by atoms with Crippen LogP contribution in [-0.2, 0) is 11.3 Å². The van der Waals surface area contributed by atoms with E-state index in [1.807, 2.05) is 11.0 Å². The van der Waals surface area contributed by atoms with Crippen molar-refractivity contribution in [1.29, 1.82) is 0 Å². The Bertz CT molecular complexity index is 561. The molecule has 0 radical (unpaired) electrons. The summed E-state index contributed by atoms with van der Waals surface area (Å²) in [5.74, 6) is 1.16. The second-order valence-electron chi connectivity index (χ2n) is 7.48. The molecule has 1 aromatic rings. The van der Waals surface area contributed by atoms with Crippen LogP contribution in [0.5, 0.6) is 0 Å². The maximum Gasteiger partial charge on any atom is 0.317 e. The second kappa shape index (κ2) is 6.73. The first-order valence-electron chi connectivity index (χ1n) is 9.11. The van der Waals surface area contributed by atoms with Gasteiger partial charge in [0.05, 0.1) is 12.2 Å². The molecule has 5 heteroatoms. The van der Waals surface area contributed by atoms with Gasteiger partial charge in [-0.2, -0.15) is 0 Å². The van der Waals surface area contributed by atoms with E-state index in [-0.39, 0.29) is 6.03 Å².